The predicted molar refractivity (Wildman–Crippen MR) is 98.5 cm³/mol. The van der Waals surface area contributed by atoms with Gasteiger partial charge >= 0.3 is 0 Å². The second-order valence-corrected chi connectivity index (χ2v) is 7.35. The van der Waals surface area contributed by atoms with Gasteiger partial charge in [-0.2, -0.15) is 0 Å². The number of benzene rings is 1. The number of hydrogen-bond donors (Lipinski definition) is 4. The Morgan fingerprint density at radius 3 is 2.00 bits per heavy atom. The molecule has 142 valence electrons. The molecule has 6 heteroatoms. The topological polar surface area (TPSA) is 115 Å². The van der Waals surface area contributed by atoms with Crippen molar-refractivity contribution in [2.45, 2.75) is 52.7 Å². The number of Topliss-reactive ketones (excluding diaryl/α,β-unsaturated/α-hetero) is 1. The molecule has 1 unspecified atom stereocenters. The molecule has 0 aliphatic heterocycles. The van der Waals surface area contributed by atoms with Crippen LogP contribution in [0.5, 0.6) is 11.5 Å². The van der Waals surface area contributed by atoms with Crippen molar-refractivity contribution in [1.29, 1.82) is 0 Å². The Balaban J connectivity index is 0.000000597. The van der Waals surface area contributed by atoms with Gasteiger partial charge in [0.05, 0.1) is 22.8 Å². The van der Waals surface area contributed by atoms with Gasteiger partial charge in [0.2, 0.25) is 0 Å². The fourth-order valence-electron chi connectivity index (χ4n) is 2.21. The number of phenols is 2. The van der Waals surface area contributed by atoms with Crippen molar-refractivity contribution in [3.8, 4) is 11.5 Å². The van der Waals surface area contributed by atoms with Crippen molar-refractivity contribution < 1.29 is 30.0 Å². The molecule has 26 heavy (non-hydrogen) atoms. The van der Waals surface area contributed by atoms with E-state index in [-0.39, 0.29) is 34.6 Å². The monoisotopic (exact) mass is 362 g/mol. The lowest BCUT2D eigenvalue weighted by Crippen LogP contribution is -2.25. The van der Waals surface area contributed by atoms with Crippen LogP contribution >= 0.6 is 0 Å². The highest BCUT2D eigenvalue weighted by Gasteiger charge is 2.33. The fourth-order valence-corrected chi connectivity index (χ4v) is 2.21. The Hall–Kier alpha value is -2.44. The van der Waals surface area contributed by atoms with Crippen molar-refractivity contribution in [2.75, 3.05) is 0 Å². The molecule has 1 aliphatic carbocycles. The summed E-state index contributed by atoms with van der Waals surface area (Å²) in [6.07, 6.45) is 1.84. The number of rotatable bonds is 3. The first kappa shape index (κ1) is 21.6. The van der Waals surface area contributed by atoms with Crippen molar-refractivity contribution in [1.82, 2.24) is 0 Å². The Kier molecular flexibility index (Phi) is 6.89. The molecular formula is C20H26O6. The summed E-state index contributed by atoms with van der Waals surface area (Å²) in [7, 11) is 0. The van der Waals surface area contributed by atoms with Crippen molar-refractivity contribution in [2.24, 2.45) is 0 Å². The molecule has 2 rings (SSSR count). The van der Waals surface area contributed by atoms with E-state index in [1.165, 1.54) is 0 Å². The zero-order chi connectivity index (χ0) is 20.2. The van der Waals surface area contributed by atoms with E-state index in [0.29, 0.717) is 0 Å². The Morgan fingerprint density at radius 2 is 1.54 bits per heavy atom. The third-order valence-corrected chi connectivity index (χ3v) is 3.29. The van der Waals surface area contributed by atoms with Crippen LogP contribution in [0.25, 0.3) is 0 Å². The maximum atomic E-state index is 12.3. The Morgan fingerprint density at radius 1 is 1.08 bits per heavy atom. The lowest BCUT2D eigenvalue weighted by molar-refractivity contribution is 0.0943. The second-order valence-electron chi connectivity index (χ2n) is 7.35. The Bertz CT molecular complexity index is 755. The molecule has 0 spiro atoms. The van der Waals surface area contributed by atoms with Crippen LogP contribution in [0.2, 0.25) is 0 Å². The van der Waals surface area contributed by atoms with Crippen molar-refractivity contribution in [3.05, 3.63) is 46.6 Å². The van der Waals surface area contributed by atoms with E-state index in [2.05, 4.69) is 0 Å². The fraction of sp³-hybridized carbons (Fsp3) is 0.400. The minimum absolute atomic E-state index is 0.0779. The molecule has 6 nitrogen and oxygen atoms in total. The first-order valence-electron chi connectivity index (χ1n) is 8.22. The second kappa shape index (κ2) is 8.29. The maximum Gasteiger partial charge on any atom is 0.196 e. The summed E-state index contributed by atoms with van der Waals surface area (Å²) in [6.45, 7) is 8.94. The van der Waals surface area contributed by atoms with E-state index >= 15 is 0 Å². The number of aromatic hydroxyl groups is 2. The highest BCUT2D eigenvalue weighted by molar-refractivity contribution is 6.26. The number of hydrogen-bond acceptors (Lipinski definition) is 6. The van der Waals surface area contributed by atoms with Gasteiger partial charge in [-0.15, -0.1) is 0 Å². The number of phenolic OH excluding ortho intramolecular Hbond substituents is 2. The minimum atomic E-state index is -1.13. The van der Waals surface area contributed by atoms with Gasteiger partial charge in [0.15, 0.2) is 11.6 Å². The number of carbonyl (C=O) groups excluding carboxylic acids is 2. The number of ketones is 2. The Labute approximate surface area is 153 Å². The summed E-state index contributed by atoms with van der Waals surface area (Å²) in [4.78, 5) is 24.4. The van der Waals surface area contributed by atoms with Gasteiger partial charge in [0, 0.05) is 5.57 Å². The molecule has 0 bridgehead atoms. The molecule has 4 N–H and O–H groups in total. The maximum absolute atomic E-state index is 12.3. The third kappa shape index (κ3) is 5.82. The average molecular weight is 362 g/mol. The van der Waals surface area contributed by atoms with Crippen LogP contribution in [-0.2, 0) is 0 Å². The zero-order valence-electron chi connectivity index (χ0n) is 15.7. The molecule has 0 radical (unpaired) electrons. The van der Waals surface area contributed by atoms with Gasteiger partial charge in [0.25, 0.3) is 0 Å². The molecular weight excluding hydrogens is 336 g/mol. The molecule has 1 aromatic rings. The molecule has 1 aliphatic rings. The van der Waals surface area contributed by atoms with Gasteiger partial charge in [-0.05, 0) is 59.2 Å². The largest absolute Gasteiger partial charge is 0.507 e. The average Bonchev–Trinajstić information content (AvgIpc) is 2.49. The summed E-state index contributed by atoms with van der Waals surface area (Å²) in [5.74, 6) is -2.01. The van der Waals surface area contributed by atoms with E-state index in [1.54, 1.807) is 26.8 Å². The zero-order valence-corrected chi connectivity index (χ0v) is 15.7. The van der Waals surface area contributed by atoms with Gasteiger partial charge < -0.3 is 20.4 Å². The van der Waals surface area contributed by atoms with Crippen LogP contribution in [0.1, 0.15) is 61.8 Å². The smallest absolute Gasteiger partial charge is 0.196 e. The highest BCUT2D eigenvalue weighted by atomic mass is 16.3. The van der Waals surface area contributed by atoms with Crippen LogP contribution < -0.4 is 0 Å². The summed E-state index contributed by atoms with van der Waals surface area (Å²) in [5, 5.41) is 38.1. The summed E-state index contributed by atoms with van der Waals surface area (Å²) < 4.78 is 0. The minimum Gasteiger partial charge on any atom is -0.507 e. The lowest BCUT2D eigenvalue weighted by atomic mass is 9.85. The van der Waals surface area contributed by atoms with Crippen LogP contribution in [0, 0.1) is 0 Å². The molecule has 1 atom stereocenters. The van der Waals surface area contributed by atoms with Crippen LogP contribution in [0.15, 0.2) is 35.4 Å². The van der Waals surface area contributed by atoms with E-state index in [9.17, 15) is 24.9 Å². The normalized spacial score (nSPS) is 14.7. The number of aliphatic hydroxyl groups is 2. The molecule has 1 aromatic carbocycles. The van der Waals surface area contributed by atoms with E-state index in [0.717, 1.165) is 23.8 Å². The summed E-state index contributed by atoms with van der Waals surface area (Å²) in [5.41, 5.74) is -0.0806. The number of allylic oxidation sites excluding steroid dienone is 2. The molecule has 0 amide bonds. The van der Waals surface area contributed by atoms with Crippen LogP contribution in [0.3, 0.4) is 0 Å². The van der Waals surface area contributed by atoms with E-state index in [1.807, 2.05) is 13.8 Å². The summed E-state index contributed by atoms with van der Waals surface area (Å²) in [6, 6.07) is 2.29. The van der Waals surface area contributed by atoms with Gasteiger partial charge in [-0.3, -0.25) is 9.59 Å². The van der Waals surface area contributed by atoms with Crippen molar-refractivity contribution >= 4 is 11.6 Å². The highest BCUT2D eigenvalue weighted by Crippen LogP contribution is 2.35. The molecule has 0 saturated carbocycles. The van der Waals surface area contributed by atoms with Gasteiger partial charge in [0.1, 0.15) is 11.5 Å². The van der Waals surface area contributed by atoms with E-state index in [4.69, 9.17) is 5.11 Å². The van der Waals surface area contributed by atoms with Gasteiger partial charge in [-0.25, -0.2) is 0 Å². The number of aliphatic hydroxyl groups excluding tert-OH is 1. The van der Waals surface area contributed by atoms with Crippen molar-refractivity contribution in [3.63, 3.8) is 0 Å². The first-order valence-corrected chi connectivity index (χ1v) is 8.22. The van der Waals surface area contributed by atoms with Gasteiger partial charge in [-0.1, -0.05) is 11.6 Å². The predicted octanol–water partition coefficient (Wildman–Crippen LogP) is 2.90. The summed E-state index contributed by atoms with van der Waals surface area (Å²) >= 11 is 0. The van der Waals surface area contributed by atoms with E-state index < -0.39 is 23.3 Å². The molecule has 0 heterocycles. The third-order valence-electron chi connectivity index (χ3n) is 3.29. The standard InChI is InChI=1S/C16H16O5.C4H10O/c1-8(2)3-4-10(17)9-7-13(20)14-11(18)5-6-12(19)15(14)16(9)21;1-4(2,3)5/h3,5-7,10,17-19H,4H2,1-2H3;5H,1-3H3. The quantitative estimate of drug-likeness (QED) is 0.485. The number of carbonyl (C=O) groups is 2. The first-order chi connectivity index (χ1) is 11.8. The number of fused-ring (bicyclic) bond motifs is 1. The van der Waals surface area contributed by atoms with Crippen LogP contribution in [0.4, 0.5) is 0 Å². The SMILES string of the molecule is CC(C)(C)O.CC(C)=CCC(O)C1=CC(=O)c2c(O)ccc(O)c2C1=O. The lowest BCUT2D eigenvalue weighted by Gasteiger charge is -2.20. The molecule has 0 saturated heterocycles. The molecule has 0 fully saturated rings. The van der Waals surface area contributed by atoms with Crippen LogP contribution in [-0.4, -0.2) is 43.7 Å². The molecule has 0 aromatic heterocycles.